The van der Waals surface area contributed by atoms with Gasteiger partial charge in [-0.1, -0.05) is 0 Å². The summed E-state index contributed by atoms with van der Waals surface area (Å²) in [5, 5.41) is 13.0. The molecule has 2 N–H and O–H groups in total. The molecule has 0 fully saturated rings. The molecule has 106 valence electrons. The summed E-state index contributed by atoms with van der Waals surface area (Å²) < 4.78 is 23.2. The van der Waals surface area contributed by atoms with Gasteiger partial charge in [0.05, 0.1) is 19.9 Å². The van der Waals surface area contributed by atoms with Crippen LogP contribution < -0.4 is 14.8 Å². The van der Waals surface area contributed by atoms with Crippen LogP contribution in [0.1, 0.15) is 5.56 Å². The molecule has 0 heterocycles. The van der Waals surface area contributed by atoms with Gasteiger partial charge in [-0.25, -0.2) is 4.39 Å². The molecule has 2 rings (SSSR count). The molecule has 20 heavy (non-hydrogen) atoms. The Morgan fingerprint density at radius 3 is 2.55 bits per heavy atom. The second kappa shape index (κ2) is 6.14. The van der Waals surface area contributed by atoms with Crippen LogP contribution in [0.15, 0.2) is 36.4 Å². The summed E-state index contributed by atoms with van der Waals surface area (Å²) in [6, 6.07) is 9.30. The first kappa shape index (κ1) is 14.0. The van der Waals surface area contributed by atoms with Crippen molar-refractivity contribution >= 4 is 5.69 Å². The second-order valence-electron chi connectivity index (χ2n) is 4.19. The van der Waals surface area contributed by atoms with Crippen LogP contribution >= 0.6 is 0 Å². The fourth-order valence-corrected chi connectivity index (χ4v) is 1.82. The molecule has 4 nitrogen and oxygen atoms in total. The van der Waals surface area contributed by atoms with Crippen LogP contribution in [0.25, 0.3) is 0 Å². The number of methoxy groups -OCH3 is 2. The molecular formula is C15H16FNO3. The van der Waals surface area contributed by atoms with Crippen molar-refractivity contribution in [3.8, 4) is 17.2 Å². The molecule has 0 aliphatic rings. The number of phenols is 1. The number of hydrogen-bond donors (Lipinski definition) is 2. The van der Waals surface area contributed by atoms with Crippen LogP contribution in [0.5, 0.6) is 17.2 Å². The molecule has 0 spiro atoms. The number of ether oxygens (including phenoxy) is 2. The predicted octanol–water partition coefficient (Wildman–Crippen LogP) is 3.16. The zero-order valence-corrected chi connectivity index (χ0v) is 11.3. The van der Waals surface area contributed by atoms with Crippen molar-refractivity contribution in [2.45, 2.75) is 6.54 Å². The lowest BCUT2D eigenvalue weighted by molar-refractivity contribution is 0.406. The topological polar surface area (TPSA) is 50.7 Å². The maximum absolute atomic E-state index is 13.1. The summed E-state index contributed by atoms with van der Waals surface area (Å²) in [5.74, 6) is 0.779. The first-order chi connectivity index (χ1) is 9.63. The first-order valence-corrected chi connectivity index (χ1v) is 6.07. The summed E-state index contributed by atoms with van der Waals surface area (Å²) in [6.07, 6.45) is 0. The second-order valence-corrected chi connectivity index (χ2v) is 4.19. The van der Waals surface area contributed by atoms with Gasteiger partial charge in [0.15, 0.2) is 0 Å². The van der Waals surface area contributed by atoms with E-state index >= 15 is 0 Å². The van der Waals surface area contributed by atoms with Crippen molar-refractivity contribution < 1.29 is 19.0 Å². The number of phenolic OH excluding ortho intramolecular Hbond substituents is 1. The standard InChI is InChI=1S/C15H16FNO3/c1-19-12-5-3-10(14(18)8-12)9-17-13-6-4-11(16)7-15(13)20-2/h3-8,17-18H,9H2,1-2H3. The van der Waals surface area contributed by atoms with Crippen LogP contribution in [-0.2, 0) is 6.54 Å². The third-order valence-corrected chi connectivity index (χ3v) is 2.93. The van der Waals surface area contributed by atoms with Crippen LogP contribution in [0.2, 0.25) is 0 Å². The Morgan fingerprint density at radius 1 is 1.10 bits per heavy atom. The van der Waals surface area contributed by atoms with Crippen molar-refractivity contribution in [1.82, 2.24) is 0 Å². The van der Waals surface area contributed by atoms with Gasteiger partial charge in [0, 0.05) is 24.2 Å². The maximum Gasteiger partial charge on any atom is 0.144 e. The highest BCUT2D eigenvalue weighted by molar-refractivity contribution is 5.57. The Labute approximate surface area is 116 Å². The van der Waals surface area contributed by atoms with Crippen LogP contribution in [0.3, 0.4) is 0 Å². The minimum Gasteiger partial charge on any atom is -0.507 e. The van der Waals surface area contributed by atoms with Crippen molar-refractivity contribution in [3.63, 3.8) is 0 Å². The number of halogens is 1. The van der Waals surface area contributed by atoms with E-state index in [9.17, 15) is 9.50 Å². The Morgan fingerprint density at radius 2 is 1.90 bits per heavy atom. The average molecular weight is 277 g/mol. The summed E-state index contributed by atoms with van der Waals surface area (Å²) in [7, 11) is 3.01. The summed E-state index contributed by atoms with van der Waals surface area (Å²) in [4.78, 5) is 0. The molecule has 0 amide bonds. The average Bonchev–Trinajstić information content (AvgIpc) is 2.46. The number of anilines is 1. The number of hydrogen-bond acceptors (Lipinski definition) is 4. The van der Waals surface area contributed by atoms with Crippen LogP contribution in [0.4, 0.5) is 10.1 Å². The van der Waals surface area contributed by atoms with E-state index in [1.54, 1.807) is 24.3 Å². The van der Waals surface area contributed by atoms with E-state index in [-0.39, 0.29) is 11.6 Å². The third-order valence-electron chi connectivity index (χ3n) is 2.93. The van der Waals surface area contributed by atoms with Gasteiger partial charge in [-0.05, 0) is 24.3 Å². The minimum absolute atomic E-state index is 0.137. The van der Waals surface area contributed by atoms with E-state index in [1.165, 1.54) is 26.4 Å². The zero-order valence-electron chi connectivity index (χ0n) is 11.3. The highest BCUT2D eigenvalue weighted by Gasteiger charge is 2.07. The number of nitrogens with one attached hydrogen (secondary N) is 1. The van der Waals surface area contributed by atoms with Crippen molar-refractivity contribution in [1.29, 1.82) is 0 Å². The van der Waals surface area contributed by atoms with Gasteiger partial charge in [0.1, 0.15) is 23.1 Å². The van der Waals surface area contributed by atoms with E-state index in [0.29, 0.717) is 29.3 Å². The van der Waals surface area contributed by atoms with Gasteiger partial charge in [0.25, 0.3) is 0 Å². The molecule has 5 heteroatoms. The predicted molar refractivity (Wildman–Crippen MR) is 74.9 cm³/mol. The fraction of sp³-hybridized carbons (Fsp3) is 0.200. The van der Waals surface area contributed by atoms with Gasteiger partial charge in [-0.3, -0.25) is 0 Å². The Balaban J connectivity index is 2.12. The Hall–Kier alpha value is -2.43. The normalized spacial score (nSPS) is 10.2. The van der Waals surface area contributed by atoms with Crippen molar-refractivity contribution in [3.05, 3.63) is 47.8 Å². The summed E-state index contributed by atoms with van der Waals surface area (Å²) in [6.45, 7) is 0.387. The SMILES string of the molecule is COc1ccc(CNc2ccc(F)cc2OC)c(O)c1. The number of rotatable bonds is 5. The monoisotopic (exact) mass is 277 g/mol. The van der Waals surface area contributed by atoms with Crippen molar-refractivity contribution in [2.24, 2.45) is 0 Å². The molecule has 0 saturated carbocycles. The molecular weight excluding hydrogens is 261 g/mol. The van der Waals surface area contributed by atoms with Gasteiger partial charge < -0.3 is 19.9 Å². The molecule has 2 aromatic rings. The number of benzene rings is 2. The van der Waals surface area contributed by atoms with E-state index in [0.717, 1.165) is 0 Å². The smallest absolute Gasteiger partial charge is 0.144 e. The van der Waals surface area contributed by atoms with E-state index in [4.69, 9.17) is 9.47 Å². The summed E-state index contributed by atoms with van der Waals surface area (Å²) >= 11 is 0. The van der Waals surface area contributed by atoms with Gasteiger partial charge in [0.2, 0.25) is 0 Å². The molecule has 2 aromatic carbocycles. The van der Waals surface area contributed by atoms with E-state index in [2.05, 4.69) is 5.32 Å². The number of aromatic hydroxyl groups is 1. The fourth-order valence-electron chi connectivity index (χ4n) is 1.82. The van der Waals surface area contributed by atoms with Crippen molar-refractivity contribution in [2.75, 3.05) is 19.5 Å². The Kier molecular flexibility index (Phi) is 4.30. The molecule has 0 aliphatic carbocycles. The largest absolute Gasteiger partial charge is 0.507 e. The van der Waals surface area contributed by atoms with E-state index in [1.807, 2.05) is 0 Å². The van der Waals surface area contributed by atoms with Gasteiger partial charge >= 0.3 is 0 Å². The quantitative estimate of drug-likeness (QED) is 0.881. The highest BCUT2D eigenvalue weighted by Crippen LogP contribution is 2.28. The molecule has 0 saturated heterocycles. The van der Waals surface area contributed by atoms with Crippen LogP contribution in [-0.4, -0.2) is 19.3 Å². The molecule has 0 atom stereocenters. The van der Waals surface area contributed by atoms with E-state index < -0.39 is 0 Å². The van der Waals surface area contributed by atoms with Crippen LogP contribution in [0, 0.1) is 5.82 Å². The highest BCUT2D eigenvalue weighted by atomic mass is 19.1. The molecule has 0 bridgehead atoms. The lowest BCUT2D eigenvalue weighted by atomic mass is 10.2. The molecule has 0 radical (unpaired) electrons. The van der Waals surface area contributed by atoms with Gasteiger partial charge in [-0.15, -0.1) is 0 Å². The first-order valence-electron chi connectivity index (χ1n) is 6.07. The Bertz CT molecular complexity index is 602. The maximum atomic E-state index is 13.1. The lowest BCUT2D eigenvalue weighted by Gasteiger charge is -2.12. The minimum atomic E-state index is -0.361. The summed E-state index contributed by atoms with van der Waals surface area (Å²) in [5.41, 5.74) is 1.36. The third kappa shape index (κ3) is 3.12. The van der Waals surface area contributed by atoms with Gasteiger partial charge in [-0.2, -0.15) is 0 Å². The zero-order chi connectivity index (χ0) is 14.5. The molecule has 0 unspecified atom stereocenters. The lowest BCUT2D eigenvalue weighted by Crippen LogP contribution is -2.02. The molecule has 0 aliphatic heterocycles. The molecule has 0 aromatic heterocycles.